The number of carboxylic acids is 1. The summed E-state index contributed by atoms with van der Waals surface area (Å²) in [5.74, 6) is -0.582. The highest BCUT2D eigenvalue weighted by atomic mass is 16.4. The van der Waals surface area contributed by atoms with Crippen molar-refractivity contribution in [2.24, 2.45) is 23.2 Å². The SMILES string of the molecule is CC(C)CC(C)(C)CNC(=O)[C@@H]1CC[C@H](C(=O)O)C1. The van der Waals surface area contributed by atoms with Gasteiger partial charge in [0.15, 0.2) is 0 Å². The van der Waals surface area contributed by atoms with Crippen molar-refractivity contribution < 1.29 is 14.7 Å². The molecule has 4 nitrogen and oxygen atoms in total. The fraction of sp³-hybridized carbons (Fsp3) is 0.867. The van der Waals surface area contributed by atoms with E-state index in [2.05, 4.69) is 33.0 Å². The molecule has 0 aliphatic heterocycles. The van der Waals surface area contributed by atoms with Gasteiger partial charge in [-0.3, -0.25) is 9.59 Å². The summed E-state index contributed by atoms with van der Waals surface area (Å²) in [5.41, 5.74) is 0.0919. The highest BCUT2D eigenvalue weighted by Gasteiger charge is 2.34. The van der Waals surface area contributed by atoms with E-state index in [9.17, 15) is 9.59 Å². The number of hydrogen-bond acceptors (Lipinski definition) is 2. The van der Waals surface area contributed by atoms with Crippen LogP contribution in [0.5, 0.6) is 0 Å². The van der Waals surface area contributed by atoms with E-state index in [0.717, 1.165) is 6.42 Å². The van der Waals surface area contributed by atoms with Crippen molar-refractivity contribution in [3.63, 3.8) is 0 Å². The van der Waals surface area contributed by atoms with Crippen LogP contribution >= 0.6 is 0 Å². The molecular weight excluding hydrogens is 242 g/mol. The van der Waals surface area contributed by atoms with E-state index in [-0.39, 0.29) is 23.2 Å². The number of nitrogens with one attached hydrogen (secondary N) is 1. The first kappa shape index (κ1) is 16.0. The standard InChI is InChI=1S/C15H27NO3/c1-10(2)8-15(3,4)9-16-13(17)11-5-6-12(7-11)14(18)19/h10-12H,5-9H2,1-4H3,(H,16,17)(H,18,19)/t11-,12+/m1/s1. The second kappa shape index (κ2) is 6.40. The lowest BCUT2D eigenvalue weighted by atomic mass is 9.84. The number of amides is 1. The maximum absolute atomic E-state index is 12.0. The van der Waals surface area contributed by atoms with E-state index >= 15 is 0 Å². The molecule has 0 aromatic rings. The number of aliphatic carboxylic acids is 1. The minimum atomic E-state index is -0.768. The second-order valence-corrected chi connectivity index (χ2v) is 7.03. The van der Waals surface area contributed by atoms with Crippen molar-refractivity contribution in [1.29, 1.82) is 0 Å². The van der Waals surface area contributed by atoms with Crippen molar-refractivity contribution in [2.75, 3.05) is 6.54 Å². The number of carbonyl (C=O) groups is 2. The molecule has 1 fully saturated rings. The van der Waals surface area contributed by atoms with Gasteiger partial charge in [0, 0.05) is 12.5 Å². The molecule has 0 aromatic carbocycles. The van der Waals surface area contributed by atoms with Crippen LogP contribution < -0.4 is 5.32 Å². The minimum Gasteiger partial charge on any atom is -0.481 e. The van der Waals surface area contributed by atoms with Crippen LogP contribution in [0.4, 0.5) is 0 Å². The molecule has 1 aliphatic carbocycles. The van der Waals surface area contributed by atoms with Gasteiger partial charge in [0.1, 0.15) is 0 Å². The Kier molecular flexibility index (Phi) is 5.39. The zero-order chi connectivity index (χ0) is 14.6. The van der Waals surface area contributed by atoms with Gasteiger partial charge in [-0.25, -0.2) is 0 Å². The van der Waals surface area contributed by atoms with Gasteiger partial charge in [0.25, 0.3) is 0 Å². The monoisotopic (exact) mass is 269 g/mol. The van der Waals surface area contributed by atoms with Gasteiger partial charge >= 0.3 is 5.97 Å². The molecule has 0 saturated heterocycles. The van der Waals surface area contributed by atoms with E-state index in [4.69, 9.17) is 5.11 Å². The Hall–Kier alpha value is -1.06. The van der Waals surface area contributed by atoms with Crippen molar-refractivity contribution in [1.82, 2.24) is 5.32 Å². The highest BCUT2D eigenvalue weighted by Crippen LogP contribution is 2.31. The van der Waals surface area contributed by atoms with Gasteiger partial charge in [-0.05, 0) is 37.0 Å². The Morgan fingerprint density at radius 2 is 1.84 bits per heavy atom. The van der Waals surface area contributed by atoms with E-state index in [1.165, 1.54) is 0 Å². The van der Waals surface area contributed by atoms with Gasteiger partial charge in [-0.2, -0.15) is 0 Å². The Morgan fingerprint density at radius 1 is 1.26 bits per heavy atom. The van der Waals surface area contributed by atoms with Crippen molar-refractivity contribution in [3.05, 3.63) is 0 Å². The molecule has 1 saturated carbocycles. The summed E-state index contributed by atoms with van der Waals surface area (Å²) in [6.07, 6.45) is 2.89. The molecule has 0 spiro atoms. The highest BCUT2D eigenvalue weighted by molar-refractivity contribution is 5.80. The van der Waals surface area contributed by atoms with Crippen molar-refractivity contribution in [2.45, 2.75) is 53.4 Å². The van der Waals surface area contributed by atoms with Crippen LogP contribution in [-0.2, 0) is 9.59 Å². The Morgan fingerprint density at radius 3 is 2.32 bits per heavy atom. The summed E-state index contributed by atoms with van der Waals surface area (Å²) in [4.78, 5) is 22.9. The quantitative estimate of drug-likeness (QED) is 0.779. The largest absolute Gasteiger partial charge is 0.481 e. The molecule has 2 N–H and O–H groups in total. The molecule has 0 radical (unpaired) electrons. The zero-order valence-corrected chi connectivity index (χ0v) is 12.5. The number of carboxylic acid groups (broad SMARTS) is 1. The van der Waals surface area contributed by atoms with Crippen LogP contribution in [0.3, 0.4) is 0 Å². The first-order valence-corrected chi connectivity index (χ1v) is 7.22. The molecule has 4 heteroatoms. The van der Waals surface area contributed by atoms with E-state index in [1.54, 1.807) is 0 Å². The summed E-state index contributed by atoms with van der Waals surface area (Å²) in [6.45, 7) is 9.33. The molecule has 1 rings (SSSR count). The Bertz CT molecular complexity index is 336. The van der Waals surface area contributed by atoms with Crippen molar-refractivity contribution in [3.8, 4) is 0 Å². The lowest BCUT2D eigenvalue weighted by Crippen LogP contribution is -2.37. The average molecular weight is 269 g/mol. The summed E-state index contributed by atoms with van der Waals surface area (Å²) < 4.78 is 0. The molecule has 0 bridgehead atoms. The molecule has 19 heavy (non-hydrogen) atoms. The topological polar surface area (TPSA) is 66.4 Å². The maximum Gasteiger partial charge on any atom is 0.306 e. The van der Waals surface area contributed by atoms with E-state index in [1.807, 2.05) is 0 Å². The van der Waals surface area contributed by atoms with Crippen LogP contribution in [-0.4, -0.2) is 23.5 Å². The molecule has 1 amide bonds. The van der Waals surface area contributed by atoms with Crippen LogP contribution in [0.25, 0.3) is 0 Å². The minimum absolute atomic E-state index is 0.0283. The lowest BCUT2D eigenvalue weighted by molar-refractivity contribution is -0.141. The number of carbonyl (C=O) groups excluding carboxylic acids is 1. The average Bonchev–Trinajstić information content (AvgIpc) is 2.73. The maximum atomic E-state index is 12.0. The Balaban J connectivity index is 2.38. The molecule has 0 heterocycles. The molecule has 110 valence electrons. The predicted molar refractivity (Wildman–Crippen MR) is 74.7 cm³/mol. The second-order valence-electron chi connectivity index (χ2n) is 7.03. The van der Waals surface area contributed by atoms with Gasteiger partial charge in [0.05, 0.1) is 5.92 Å². The smallest absolute Gasteiger partial charge is 0.306 e. The first-order valence-electron chi connectivity index (χ1n) is 7.22. The summed E-state index contributed by atoms with van der Waals surface area (Å²) in [6, 6.07) is 0. The van der Waals surface area contributed by atoms with E-state index < -0.39 is 5.97 Å². The third-order valence-electron chi connectivity index (χ3n) is 3.85. The summed E-state index contributed by atoms with van der Waals surface area (Å²) in [7, 11) is 0. The molecule has 0 unspecified atom stereocenters. The van der Waals surface area contributed by atoms with Crippen LogP contribution in [0, 0.1) is 23.2 Å². The summed E-state index contributed by atoms with van der Waals surface area (Å²) in [5, 5.41) is 11.9. The number of hydrogen-bond donors (Lipinski definition) is 2. The van der Waals surface area contributed by atoms with Gasteiger partial charge < -0.3 is 10.4 Å². The molecular formula is C15H27NO3. The van der Waals surface area contributed by atoms with Crippen LogP contribution in [0.15, 0.2) is 0 Å². The fourth-order valence-corrected chi connectivity index (χ4v) is 3.09. The predicted octanol–water partition coefficient (Wildman–Crippen LogP) is 2.68. The van der Waals surface area contributed by atoms with Gasteiger partial charge in [0.2, 0.25) is 5.91 Å². The molecule has 2 atom stereocenters. The van der Waals surface area contributed by atoms with Crippen LogP contribution in [0.2, 0.25) is 0 Å². The van der Waals surface area contributed by atoms with Crippen LogP contribution in [0.1, 0.15) is 53.4 Å². The van der Waals surface area contributed by atoms with Crippen molar-refractivity contribution >= 4 is 11.9 Å². The zero-order valence-electron chi connectivity index (χ0n) is 12.5. The van der Waals surface area contributed by atoms with Gasteiger partial charge in [-0.15, -0.1) is 0 Å². The first-order chi connectivity index (χ1) is 8.71. The lowest BCUT2D eigenvalue weighted by Gasteiger charge is -2.27. The normalized spacial score (nSPS) is 23.6. The third-order valence-corrected chi connectivity index (χ3v) is 3.85. The van der Waals surface area contributed by atoms with E-state index in [0.29, 0.717) is 31.7 Å². The third kappa shape index (κ3) is 5.21. The van der Waals surface area contributed by atoms with Gasteiger partial charge in [-0.1, -0.05) is 27.7 Å². The Labute approximate surface area is 116 Å². The fourth-order valence-electron chi connectivity index (χ4n) is 3.09. The number of rotatable bonds is 6. The summed E-state index contributed by atoms with van der Waals surface area (Å²) >= 11 is 0. The molecule has 0 aromatic heterocycles. The molecule has 1 aliphatic rings.